The number of carbonyl (C=O) groups excluding carboxylic acids is 2. The minimum atomic E-state index is -3.76. The lowest BCUT2D eigenvalue weighted by Gasteiger charge is -2.32. The van der Waals surface area contributed by atoms with E-state index in [4.69, 9.17) is 4.74 Å². The fraction of sp³-hybridized carbons (Fsp3) is 0.462. The van der Waals surface area contributed by atoms with Gasteiger partial charge in [0.05, 0.1) is 19.1 Å². The van der Waals surface area contributed by atoms with Crippen LogP contribution in [0.2, 0.25) is 0 Å². The molecule has 0 fully saturated rings. The van der Waals surface area contributed by atoms with E-state index < -0.39 is 28.5 Å². The minimum absolute atomic E-state index is 0.128. The molecule has 2 aromatic rings. The summed E-state index contributed by atoms with van der Waals surface area (Å²) in [5, 5.41) is 2.87. The maximum Gasteiger partial charge on any atom is 0.244 e. The van der Waals surface area contributed by atoms with Gasteiger partial charge in [-0.05, 0) is 56.5 Å². The summed E-state index contributed by atoms with van der Waals surface area (Å²) in [6.07, 6.45) is 2.84. The molecule has 2 aromatic carbocycles. The van der Waals surface area contributed by atoms with Gasteiger partial charge in [0, 0.05) is 13.1 Å². The van der Waals surface area contributed by atoms with Gasteiger partial charge < -0.3 is 15.0 Å². The van der Waals surface area contributed by atoms with E-state index in [0.29, 0.717) is 18.0 Å². The molecule has 0 aliphatic carbocycles. The summed E-state index contributed by atoms with van der Waals surface area (Å²) in [4.78, 5) is 27.9. The number of anilines is 1. The van der Waals surface area contributed by atoms with Gasteiger partial charge in [-0.25, -0.2) is 8.42 Å². The summed E-state index contributed by atoms with van der Waals surface area (Å²) in [5.41, 5.74) is 2.94. The van der Waals surface area contributed by atoms with Crippen molar-refractivity contribution in [1.29, 1.82) is 0 Å². The van der Waals surface area contributed by atoms with Crippen LogP contribution in [-0.2, 0) is 26.2 Å². The molecule has 0 aliphatic heterocycles. The number of amides is 2. The Hall–Kier alpha value is -3.07. The van der Waals surface area contributed by atoms with Crippen molar-refractivity contribution < 1.29 is 22.7 Å². The fourth-order valence-corrected chi connectivity index (χ4v) is 4.67. The Bertz CT molecular complexity index is 1130. The number of ether oxygens (including phenoxy) is 1. The van der Waals surface area contributed by atoms with Crippen LogP contribution in [0.15, 0.2) is 42.5 Å². The second-order valence-corrected chi connectivity index (χ2v) is 10.7. The quantitative estimate of drug-likeness (QED) is 0.448. The molecule has 0 aromatic heterocycles. The predicted molar refractivity (Wildman–Crippen MR) is 139 cm³/mol. The van der Waals surface area contributed by atoms with Crippen molar-refractivity contribution in [3.8, 4) is 5.75 Å². The molecule has 2 rings (SSSR count). The molecule has 35 heavy (non-hydrogen) atoms. The molecule has 2 amide bonds. The zero-order chi connectivity index (χ0) is 26.2. The van der Waals surface area contributed by atoms with Gasteiger partial charge in [-0.15, -0.1) is 0 Å². The third kappa shape index (κ3) is 7.99. The molecular formula is C26H37N3O5S. The van der Waals surface area contributed by atoms with Crippen LogP contribution in [0.25, 0.3) is 0 Å². The SMILES string of the molecule is CCCCNC(=O)[C@@H](C)N(Cc1cccc(OC)c1)C(=O)CN(c1ccc(C)cc1C)S(C)(=O)=O. The summed E-state index contributed by atoms with van der Waals surface area (Å²) in [5.74, 6) is -0.133. The number of hydrogen-bond acceptors (Lipinski definition) is 5. The Morgan fingerprint density at radius 2 is 1.83 bits per heavy atom. The Morgan fingerprint density at radius 1 is 1.11 bits per heavy atom. The molecule has 0 bridgehead atoms. The lowest BCUT2D eigenvalue weighted by molar-refractivity contribution is -0.139. The summed E-state index contributed by atoms with van der Waals surface area (Å²) < 4.78 is 31.8. The van der Waals surface area contributed by atoms with E-state index in [1.807, 2.05) is 39.0 Å². The number of hydrogen-bond donors (Lipinski definition) is 1. The van der Waals surface area contributed by atoms with Gasteiger partial charge in [0.2, 0.25) is 21.8 Å². The van der Waals surface area contributed by atoms with Crippen molar-refractivity contribution in [3.05, 3.63) is 59.2 Å². The Morgan fingerprint density at radius 3 is 2.43 bits per heavy atom. The van der Waals surface area contributed by atoms with Crippen molar-refractivity contribution in [2.45, 2.75) is 53.1 Å². The third-order valence-electron chi connectivity index (χ3n) is 5.78. The monoisotopic (exact) mass is 503 g/mol. The molecule has 1 N–H and O–H groups in total. The average Bonchev–Trinajstić information content (AvgIpc) is 2.80. The molecule has 0 heterocycles. The maximum absolute atomic E-state index is 13.6. The molecule has 8 nitrogen and oxygen atoms in total. The third-order valence-corrected chi connectivity index (χ3v) is 6.91. The van der Waals surface area contributed by atoms with Gasteiger partial charge in [-0.1, -0.05) is 43.2 Å². The van der Waals surface area contributed by atoms with Crippen LogP contribution in [0.4, 0.5) is 5.69 Å². The minimum Gasteiger partial charge on any atom is -0.497 e. The van der Waals surface area contributed by atoms with Crippen LogP contribution >= 0.6 is 0 Å². The molecule has 0 radical (unpaired) electrons. The largest absolute Gasteiger partial charge is 0.497 e. The Kier molecular flexibility index (Phi) is 10.1. The van der Waals surface area contributed by atoms with Crippen molar-refractivity contribution in [1.82, 2.24) is 10.2 Å². The van der Waals surface area contributed by atoms with Crippen LogP contribution in [-0.4, -0.2) is 57.6 Å². The first-order valence-electron chi connectivity index (χ1n) is 11.7. The summed E-state index contributed by atoms with van der Waals surface area (Å²) in [6.45, 7) is 7.63. The van der Waals surface area contributed by atoms with E-state index in [-0.39, 0.29) is 12.5 Å². The second kappa shape index (κ2) is 12.6. The van der Waals surface area contributed by atoms with Gasteiger partial charge in [0.1, 0.15) is 18.3 Å². The first kappa shape index (κ1) is 28.2. The average molecular weight is 504 g/mol. The van der Waals surface area contributed by atoms with Crippen LogP contribution in [0.5, 0.6) is 5.75 Å². The van der Waals surface area contributed by atoms with Crippen molar-refractivity contribution in [2.75, 3.05) is 30.8 Å². The zero-order valence-electron chi connectivity index (χ0n) is 21.5. The molecule has 192 valence electrons. The molecule has 9 heteroatoms. The second-order valence-electron chi connectivity index (χ2n) is 8.75. The summed E-state index contributed by atoms with van der Waals surface area (Å²) in [7, 11) is -2.21. The van der Waals surface area contributed by atoms with Gasteiger partial charge in [-0.3, -0.25) is 13.9 Å². The maximum atomic E-state index is 13.6. The fourth-order valence-electron chi connectivity index (χ4n) is 3.77. The number of rotatable bonds is 12. The van der Waals surface area contributed by atoms with E-state index in [9.17, 15) is 18.0 Å². The summed E-state index contributed by atoms with van der Waals surface area (Å²) >= 11 is 0. The number of aryl methyl sites for hydroxylation is 2. The van der Waals surface area contributed by atoms with Crippen LogP contribution < -0.4 is 14.4 Å². The Labute approximate surface area is 209 Å². The molecule has 0 saturated carbocycles. The van der Waals surface area contributed by atoms with Crippen LogP contribution in [0.3, 0.4) is 0 Å². The molecule has 0 unspecified atom stereocenters. The van der Waals surface area contributed by atoms with E-state index in [2.05, 4.69) is 5.32 Å². The van der Waals surface area contributed by atoms with E-state index in [1.165, 1.54) is 4.90 Å². The number of sulfonamides is 1. The highest BCUT2D eigenvalue weighted by Gasteiger charge is 2.30. The van der Waals surface area contributed by atoms with E-state index in [1.54, 1.807) is 38.3 Å². The van der Waals surface area contributed by atoms with E-state index >= 15 is 0 Å². The van der Waals surface area contributed by atoms with Crippen LogP contribution in [0, 0.1) is 13.8 Å². The highest BCUT2D eigenvalue weighted by molar-refractivity contribution is 7.92. The van der Waals surface area contributed by atoms with Gasteiger partial charge in [-0.2, -0.15) is 0 Å². The molecular weight excluding hydrogens is 466 g/mol. The standard InChI is InChI=1S/C26H37N3O5S/c1-7-8-14-27-26(31)21(4)28(17-22-10-9-11-23(16-22)34-5)25(30)18-29(35(6,32)33)24-13-12-19(2)15-20(24)3/h9-13,15-16,21H,7-8,14,17-18H2,1-6H3,(H,27,31)/t21-/m1/s1. The predicted octanol–water partition coefficient (Wildman–Crippen LogP) is 3.41. The Balaban J connectivity index is 2.40. The number of unbranched alkanes of at least 4 members (excludes halogenated alkanes) is 1. The zero-order valence-corrected chi connectivity index (χ0v) is 22.3. The molecule has 0 saturated heterocycles. The number of nitrogens with one attached hydrogen (secondary N) is 1. The summed E-state index contributed by atoms with van der Waals surface area (Å²) in [6, 6.07) is 11.8. The highest BCUT2D eigenvalue weighted by atomic mass is 32.2. The molecule has 1 atom stereocenters. The van der Waals surface area contributed by atoms with Gasteiger partial charge in [0.25, 0.3) is 0 Å². The van der Waals surface area contributed by atoms with Crippen molar-refractivity contribution in [2.24, 2.45) is 0 Å². The number of carbonyl (C=O) groups is 2. The number of methoxy groups -OCH3 is 1. The lowest BCUT2D eigenvalue weighted by atomic mass is 10.1. The van der Waals surface area contributed by atoms with Gasteiger partial charge in [0.15, 0.2) is 0 Å². The topological polar surface area (TPSA) is 96.0 Å². The molecule has 0 spiro atoms. The first-order chi connectivity index (χ1) is 16.5. The normalized spacial score (nSPS) is 12.1. The smallest absolute Gasteiger partial charge is 0.244 e. The van der Waals surface area contributed by atoms with Gasteiger partial charge >= 0.3 is 0 Å². The van der Waals surface area contributed by atoms with Crippen LogP contribution in [0.1, 0.15) is 43.4 Å². The number of nitrogens with zero attached hydrogens (tertiary/aromatic N) is 2. The molecule has 0 aliphatic rings. The highest BCUT2D eigenvalue weighted by Crippen LogP contribution is 2.24. The van der Waals surface area contributed by atoms with E-state index in [0.717, 1.165) is 40.1 Å². The lowest BCUT2D eigenvalue weighted by Crippen LogP contribution is -2.51. The van der Waals surface area contributed by atoms with Crippen molar-refractivity contribution >= 4 is 27.5 Å². The van der Waals surface area contributed by atoms with Crippen molar-refractivity contribution in [3.63, 3.8) is 0 Å². The number of benzene rings is 2. The first-order valence-corrected chi connectivity index (χ1v) is 13.6.